The molecule has 5 nitrogen and oxygen atoms in total. The Morgan fingerprint density at radius 3 is 2.33 bits per heavy atom. The first-order valence-electron chi connectivity index (χ1n) is 7.82. The molecule has 8 heteroatoms. The van der Waals surface area contributed by atoms with E-state index in [-0.39, 0.29) is 17.1 Å². The van der Waals surface area contributed by atoms with Crippen LogP contribution in [0.1, 0.15) is 16.1 Å². The number of nitrogens with one attached hydrogen (secondary N) is 2. The molecular weight excluding hydrogens is 359 g/mol. The minimum absolute atomic E-state index is 0.0534. The third kappa shape index (κ3) is 4.55. The van der Waals surface area contributed by atoms with Crippen molar-refractivity contribution in [1.82, 2.24) is 4.98 Å². The van der Waals surface area contributed by atoms with Crippen molar-refractivity contribution in [1.29, 1.82) is 0 Å². The van der Waals surface area contributed by atoms with Crippen LogP contribution in [0.25, 0.3) is 0 Å². The summed E-state index contributed by atoms with van der Waals surface area (Å²) >= 11 is 0. The number of benzene rings is 2. The van der Waals surface area contributed by atoms with Gasteiger partial charge in [-0.2, -0.15) is 13.2 Å². The van der Waals surface area contributed by atoms with E-state index in [1.54, 1.807) is 30.3 Å². The predicted octanol–water partition coefficient (Wildman–Crippen LogP) is 4.80. The molecule has 0 aliphatic carbocycles. The SMILES string of the molecule is O=C(Nc1ccccc1O)c1ccc(Nc2ccnc(C(F)(F)F)c2)cc1. The molecule has 1 heterocycles. The van der Waals surface area contributed by atoms with Crippen LogP contribution >= 0.6 is 0 Å². The Bertz CT molecular complexity index is 957. The van der Waals surface area contributed by atoms with Crippen molar-refractivity contribution < 1.29 is 23.1 Å². The van der Waals surface area contributed by atoms with Crippen LogP contribution in [0.2, 0.25) is 0 Å². The zero-order chi connectivity index (χ0) is 19.4. The van der Waals surface area contributed by atoms with Crippen LogP contribution in [0.3, 0.4) is 0 Å². The van der Waals surface area contributed by atoms with E-state index in [1.165, 1.54) is 24.3 Å². The predicted molar refractivity (Wildman–Crippen MR) is 95.0 cm³/mol. The van der Waals surface area contributed by atoms with Gasteiger partial charge in [0, 0.05) is 23.1 Å². The number of aromatic hydroxyl groups is 1. The second-order valence-corrected chi connectivity index (χ2v) is 5.60. The molecule has 0 saturated carbocycles. The van der Waals surface area contributed by atoms with Gasteiger partial charge in [0.25, 0.3) is 5.91 Å². The number of hydrogen-bond donors (Lipinski definition) is 3. The number of rotatable bonds is 4. The highest BCUT2D eigenvalue weighted by atomic mass is 19.4. The number of carbonyl (C=O) groups is 1. The Balaban J connectivity index is 1.70. The van der Waals surface area contributed by atoms with Crippen LogP contribution in [0.4, 0.5) is 30.2 Å². The number of alkyl halides is 3. The summed E-state index contributed by atoms with van der Waals surface area (Å²) in [7, 11) is 0. The molecule has 0 atom stereocenters. The van der Waals surface area contributed by atoms with Crippen LogP contribution in [-0.4, -0.2) is 16.0 Å². The van der Waals surface area contributed by atoms with Gasteiger partial charge in [-0.15, -0.1) is 0 Å². The summed E-state index contributed by atoms with van der Waals surface area (Å²) in [6.45, 7) is 0. The highest BCUT2D eigenvalue weighted by Crippen LogP contribution is 2.29. The molecule has 27 heavy (non-hydrogen) atoms. The van der Waals surface area contributed by atoms with Crippen molar-refractivity contribution in [2.24, 2.45) is 0 Å². The Morgan fingerprint density at radius 1 is 0.963 bits per heavy atom. The zero-order valence-corrected chi connectivity index (χ0v) is 13.8. The van der Waals surface area contributed by atoms with E-state index in [0.717, 1.165) is 12.3 Å². The summed E-state index contributed by atoms with van der Waals surface area (Å²) in [6, 6.07) is 14.8. The number of amides is 1. The summed E-state index contributed by atoms with van der Waals surface area (Å²) in [5.74, 6) is -0.478. The summed E-state index contributed by atoms with van der Waals surface area (Å²) in [4.78, 5) is 15.5. The van der Waals surface area contributed by atoms with Gasteiger partial charge in [0.05, 0.1) is 5.69 Å². The van der Waals surface area contributed by atoms with E-state index in [0.29, 0.717) is 11.3 Å². The van der Waals surface area contributed by atoms with Crippen molar-refractivity contribution in [2.75, 3.05) is 10.6 Å². The summed E-state index contributed by atoms with van der Waals surface area (Å²) in [5.41, 5.74) is 0.346. The molecule has 0 radical (unpaired) electrons. The van der Waals surface area contributed by atoms with E-state index < -0.39 is 17.8 Å². The second kappa shape index (κ2) is 7.36. The van der Waals surface area contributed by atoms with Crippen molar-refractivity contribution >= 4 is 23.0 Å². The number of phenols is 1. The standard InChI is InChI=1S/C19H14F3N3O2/c20-19(21,22)17-11-14(9-10-23-17)24-13-7-5-12(6-8-13)18(27)25-15-3-1-2-4-16(15)26/h1-11,26H,(H,23,24)(H,25,27). The second-order valence-electron chi connectivity index (χ2n) is 5.60. The fourth-order valence-corrected chi connectivity index (χ4v) is 2.31. The van der Waals surface area contributed by atoms with Gasteiger partial charge < -0.3 is 15.7 Å². The Morgan fingerprint density at radius 2 is 1.67 bits per heavy atom. The number of carbonyl (C=O) groups excluding carboxylic acids is 1. The monoisotopic (exact) mass is 373 g/mol. The van der Waals surface area contributed by atoms with Crippen LogP contribution in [0.15, 0.2) is 66.9 Å². The van der Waals surface area contributed by atoms with Crippen molar-refractivity contribution in [3.63, 3.8) is 0 Å². The number of hydrogen-bond acceptors (Lipinski definition) is 4. The highest BCUT2D eigenvalue weighted by Gasteiger charge is 2.32. The minimum Gasteiger partial charge on any atom is -0.506 e. The number of para-hydroxylation sites is 2. The number of aromatic nitrogens is 1. The fraction of sp³-hybridized carbons (Fsp3) is 0.0526. The molecule has 0 fully saturated rings. The first-order chi connectivity index (χ1) is 12.8. The molecule has 3 aromatic rings. The fourth-order valence-electron chi connectivity index (χ4n) is 2.31. The highest BCUT2D eigenvalue weighted by molar-refractivity contribution is 6.05. The number of phenolic OH excluding ortho intramolecular Hbond substituents is 1. The molecule has 0 bridgehead atoms. The Labute approximate surface area is 152 Å². The van der Waals surface area contributed by atoms with Crippen molar-refractivity contribution in [3.8, 4) is 5.75 Å². The van der Waals surface area contributed by atoms with Gasteiger partial charge in [-0.3, -0.25) is 9.78 Å². The van der Waals surface area contributed by atoms with Gasteiger partial charge in [0.1, 0.15) is 11.4 Å². The first kappa shape index (κ1) is 18.2. The molecule has 3 N–H and O–H groups in total. The van der Waals surface area contributed by atoms with Gasteiger partial charge in [0.15, 0.2) is 0 Å². The Kier molecular flexibility index (Phi) is 4.98. The van der Waals surface area contributed by atoms with E-state index in [4.69, 9.17) is 0 Å². The maximum atomic E-state index is 12.7. The molecule has 2 aromatic carbocycles. The van der Waals surface area contributed by atoms with Crippen molar-refractivity contribution in [2.45, 2.75) is 6.18 Å². The van der Waals surface area contributed by atoms with Gasteiger partial charge >= 0.3 is 6.18 Å². The summed E-state index contributed by atoms with van der Waals surface area (Å²) < 4.78 is 38.1. The van der Waals surface area contributed by atoms with Crippen molar-refractivity contribution in [3.05, 3.63) is 78.1 Å². The lowest BCUT2D eigenvalue weighted by Gasteiger charge is -2.11. The molecule has 1 amide bonds. The number of pyridine rings is 1. The number of nitrogens with zero attached hydrogens (tertiary/aromatic N) is 1. The molecule has 0 aliphatic rings. The van der Waals surface area contributed by atoms with E-state index in [2.05, 4.69) is 15.6 Å². The average Bonchev–Trinajstić information content (AvgIpc) is 2.64. The topological polar surface area (TPSA) is 74.2 Å². The van der Waals surface area contributed by atoms with Gasteiger partial charge in [0.2, 0.25) is 0 Å². The molecule has 3 rings (SSSR count). The molecule has 0 aliphatic heterocycles. The first-order valence-corrected chi connectivity index (χ1v) is 7.82. The summed E-state index contributed by atoms with van der Waals surface area (Å²) in [5, 5.41) is 15.1. The molecule has 138 valence electrons. The Hall–Kier alpha value is -3.55. The lowest BCUT2D eigenvalue weighted by atomic mass is 10.1. The molecule has 1 aromatic heterocycles. The number of halogens is 3. The zero-order valence-electron chi connectivity index (χ0n) is 13.8. The summed E-state index contributed by atoms with van der Waals surface area (Å²) in [6.07, 6.45) is -3.46. The maximum absolute atomic E-state index is 12.7. The van der Waals surface area contributed by atoms with Crippen LogP contribution < -0.4 is 10.6 Å². The molecule has 0 spiro atoms. The van der Waals surface area contributed by atoms with Crippen LogP contribution in [0.5, 0.6) is 5.75 Å². The number of anilines is 3. The normalized spacial score (nSPS) is 11.1. The van der Waals surface area contributed by atoms with Gasteiger partial charge in [-0.05, 0) is 48.5 Å². The van der Waals surface area contributed by atoms with Crippen LogP contribution in [-0.2, 0) is 6.18 Å². The molecule has 0 unspecified atom stereocenters. The molecular formula is C19H14F3N3O2. The van der Waals surface area contributed by atoms with E-state index in [1.807, 2.05) is 0 Å². The van der Waals surface area contributed by atoms with E-state index >= 15 is 0 Å². The lowest BCUT2D eigenvalue weighted by molar-refractivity contribution is -0.141. The van der Waals surface area contributed by atoms with Crippen LogP contribution in [0, 0.1) is 0 Å². The average molecular weight is 373 g/mol. The lowest BCUT2D eigenvalue weighted by Crippen LogP contribution is -2.11. The maximum Gasteiger partial charge on any atom is 0.433 e. The smallest absolute Gasteiger partial charge is 0.433 e. The third-order valence-electron chi connectivity index (χ3n) is 3.64. The van der Waals surface area contributed by atoms with Gasteiger partial charge in [-0.25, -0.2) is 0 Å². The van der Waals surface area contributed by atoms with Gasteiger partial charge in [-0.1, -0.05) is 12.1 Å². The largest absolute Gasteiger partial charge is 0.506 e. The van der Waals surface area contributed by atoms with E-state index in [9.17, 15) is 23.1 Å². The quantitative estimate of drug-likeness (QED) is 0.574. The minimum atomic E-state index is -4.53. The third-order valence-corrected chi connectivity index (χ3v) is 3.64. The molecule has 0 saturated heterocycles.